The van der Waals surface area contributed by atoms with Crippen molar-refractivity contribution in [1.82, 2.24) is 15.1 Å². The van der Waals surface area contributed by atoms with Crippen molar-refractivity contribution in [3.05, 3.63) is 0 Å². The Morgan fingerprint density at radius 2 is 1.34 bits per heavy atom. The summed E-state index contributed by atoms with van der Waals surface area (Å²) in [6.07, 6.45) is 0.797. The van der Waals surface area contributed by atoms with Crippen LogP contribution >= 0.6 is 0 Å². The van der Waals surface area contributed by atoms with E-state index in [1.807, 2.05) is 0 Å². The Kier molecular flexibility index (Phi) is 15.6. The van der Waals surface area contributed by atoms with Gasteiger partial charge in [-0.15, -0.1) is 0 Å². The molecule has 2 saturated heterocycles. The summed E-state index contributed by atoms with van der Waals surface area (Å²) >= 11 is 0. The van der Waals surface area contributed by atoms with Gasteiger partial charge in [-0.3, -0.25) is 19.2 Å². The Bertz CT molecular complexity index is 1110. The largest absolute Gasteiger partial charge is 0.481 e. The lowest BCUT2D eigenvalue weighted by Gasteiger charge is -2.43. The van der Waals surface area contributed by atoms with Crippen molar-refractivity contribution >= 4 is 44.1 Å². The number of ether oxygens (including phenoxy) is 1. The highest BCUT2D eigenvalue weighted by Crippen LogP contribution is 2.36. The number of nitrogens with zero attached hydrogens (tertiary/aromatic N) is 2. The maximum absolute atomic E-state index is 12.8. The number of likely N-dealkylation sites (tertiary alicyclic amines) is 2. The lowest BCUT2D eigenvalue weighted by molar-refractivity contribution is -0.156. The summed E-state index contributed by atoms with van der Waals surface area (Å²) in [7, 11) is -2.92. The summed E-state index contributed by atoms with van der Waals surface area (Å²) in [4.78, 5) is 62.4. The molecule has 3 amide bonds. The van der Waals surface area contributed by atoms with Gasteiger partial charge in [-0.25, -0.2) is 4.79 Å². The van der Waals surface area contributed by atoms with E-state index in [1.54, 1.807) is 27.7 Å². The summed E-state index contributed by atoms with van der Waals surface area (Å²) in [5.74, 6) is -3.32. The van der Waals surface area contributed by atoms with Gasteiger partial charge in [0.15, 0.2) is 0 Å². The molecule has 0 aromatic rings. The van der Waals surface area contributed by atoms with Crippen LogP contribution in [0.2, 0.25) is 12.6 Å². The van der Waals surface area contributed by atoms with Gasteiger partial charge in [0.05, 0.1) is 11.5 Å². The first kappa shape index (κ1) is 42.1. The molecule has 2 fully saturated rings. The highest BCUT2D eigenvalue weighted by Gasteiger charge is 2.45. The molecule has 0 aliphatic carbocycles. The highest BCUT2D eigenvalue weighted by atomic mass is 16.6. The standard InChI is InChI=1S/C17H31BN2O7.C11H22BN3O5/c1-11(19-15(24)27-16(2,3)4)13(21)20-9-12(6-7-18(25)26)8-17(5,10-20)14(22)23;1-7(13)9(16)15-5-8(2-3-12(19)20)4-11(14,6-15)10(17)18/h11-12,25-26H,6-10H2,1-5H3,(H,19,24)(H,22,23);7-8,19-20H,2-6,13-14H2,1H3,(H,17,18)/t11-,12-,17-;7-,8-,11+/m00/s1. The number of hydrogen-bond donors (Lipinski definition) is 9. The van der Waals surface area contributed by atoms with Crippen molar-refractivity contribution in [2.75, 3.05) is 26.2 Å². The first-order valence-electron chi connectivity index (χ1n) is 15.7. The maximum Gasteiger partial charge on any atom is 0.451 e. The van der Waals surface area contributed by atoms with Gasteiger partial charge in [0.2, 0.25) is 11.8 Å². The second kappa shape index (κ2) is 17.4. The Labute approximate surface area is 276 Å². The van der Waals surface area contributed by atoms with E-state index in [0.29, 0.717) is 32.4 Å². The number of piperidine rings is 2. The van der Waals surface area contributed by atoms with Crippen molar-refractivity contribution < 1.29 is 59.0 Å². The summed E-state index contributed by atoms with van der Waals surface area (Å²) < 4.78 is 5.14. The van der Waals surface area contributed by atoms with Crippen molar-refractivity contribution in [3.8, 4) is 0 Å². The van der Waals surface area contributed by atoms with Crippen molar-refractivity contribution in [2.45, 2.75) is 103 Å². The van der Waals surface area contributed by atoms with Crippen LogP contribution in [0.15, 0.2) is 0 Å². The number of nitrogens with one attached hydrogen (secondary N) is 1. The molecule has 0 aromatic carbocycles. The van der Waals surface area contributed by atoms with E-state index in [1.165, 1.54) is 23.6 Å². The van der Waals surface area contributed by atoms with Crippen LogP contribution in [0.3, 0.4) is 0 Å². The molecule has 0 aromatic heterocycles. The van der Waals surface area contributed by atoms with Crippen LogP contribution in [0, 0.1) is 17.3 Å². The first-order chi connectivity index (χ1) is 21.4. The number of carbonyl (C=O) groups is 5. The van der Waals surface area contributed by atoms with Gasteiger partial charge in [0.1, 0.15) is 17.2 Å². The van der Waals surface area contributed by atoms with Crippen LogP contribution in [-0.4, -0.2) is 134 Å². The molecule has 0 unspecified atom stereocenters. The molecule has 2 aliphatic rings. The third kappa shape index (κ3) is 14.0. The van der Waals surface area contributed by atoms with E-state index in [4.69, 9.17) is 36.3 Å². The topological polar surface area (TPSA) is 287 Å². The number of rotatable bonds is 11. The van der Waals surface area contributed by atoms with Gasteiger partial charge in [0.25, 0.3) is 0 Å². The third-order valence-corrected chi connectivity index (χ3v) is 8.09. The molecule has 47 heavy (non-hydrogen) atoms. The fourth-order valence-corrected chi connectivity index (χ4v) is 5.83. The van der Waals surface area contributed by atoms with E-state index in [0.717, 1.165) is 0 Å². The van der Waals surface area contributed by atoms with Crippen LogP contribution in [0.25, 0.3) is 0 Å². The predicted octanol–water partition coefficient (Wildman–Crippen LogP) is -1.47. The monoisotopic (exact) mass is 673 g/mol. The molecule has 11 N–H and O–H groups in total. The minimum absolute atomic E-state index is 0.0275. The summed E-state index contributed by atoms with van der Waals surface area (Å²) in [6, 6.07) is -1.60. The number of carboxylic acids is 2. The van der Waals surface area contributed by atoms with E-state index >= 15 is 0 Å². The number of aliphatic carboxylic acids is 2. The van der Waals surface area contributed by atoms with Crippen molar-refractivity contribution in [2.24, 2.45) is 28.7 Å². The number of nitrogens with two attached hydrogens (primary N) is 2. The van der Waals surface area contributed by atoms with Gasteiger partial charge in [-0.05, 0) is 78.9 Å². The normalized spacial score (nSPS) is 25.8. The number of alkyl carbamates (subject to hydrolysis) is 1. The molecule has 2 aliphatic heterocycles. The van der Waals surface area contributed by atoms with Gasteiger partial charge >= 0.3 is 32.3 Å². The SMILES string of the molecule is C[C@H](N)C(=O)N1C[C@@H](CCB(O)O)C[C@](N)(C(=O)O)C1.C[C@H](NC(=O)OC(C)(C)C)C(=O)N1C[C@@H](CCB(O)O)C[C@](C)(C(=O)O)C1. The zero-order valence-electron chi connectivity index (χ0n) is 28.2. The minimum Gasteiger partial charge on any atom is -0.481 e. The molecular weight excluding hydrogens is 620 g/mol. The third-order valence-electron chi connectivity index (χ3n) is 8.09. The lowest BCUT2D eigenvalue weighted by Crippen LogP contribution is -2.64. The van der Waals surface area contributed by atoms with Gasteiger partial charge in [0, 0.05) is 26.2 Å². The second-order valence-corrected chi connectivity index (χ2v) is 14.2. The number of carboxylic acid groups (broad SMARTS) is 2. The van der Waals surface area contributed by atoms with Gasteiger partial charge in [-0.1, -0.05) is 12.8 Å². The summed E-state index contributed by atoms with van der Waals surface area (Å²) in [5.41, 5.74) is 8.05. The van der Waals surface area contributed by atoms with E-state index in [9.17, 15) is 34.2 Å². The molecule has 17 nitrogen and oxygen atoms in total. The number of hydrogen-bond acceptors (Lipinski definition) is 12. The molecule has 0 radical (unpaired) electrons. The Balaban J connectivity index is 0.000000491. The van der Waals surface area contributed by atoms with Crippen molar-refractivity contribution in [3.63, 3.8) is 0 Å². The zero-order valence-corrected chi connectivity index (χ0v) is 28.2. The van der Waals surface area contributed by atoms with Gasteiger partial charge in [-0.2, -0.15) is 0 Å². The average molecular weight is 673 g/mol. The Hall–Kier alpha value is -2.96. The smallest absolute Gasteiger partial charge is 0.451 e. The Morgan fingerprint density at radius 3 is 1.74 bits per heavy atom. The predicted molar refractivity (Wildman–Crippen MR) is 171 cm³/mol. The van der Waals surface area contributed by atoms with Crippen LogP contribution < -0.4 is 16.8 Å². The van der Waals surface area contributed by atoms with Crippen LogP contribution in [0.1, 0.15) is 67.2 Å². The zero-order chi connectivity index (χ0) is 36.5. The van der Waals surface area contributed by atoms with Crippen LogP contribution in [-0.2, 0) is 23.9 Å². The Morgan fingerprint density at radius 1 is 0.872 bits per heavy atom. The number of carbonyl (C=O) groups excluding carboxylic acids is 3. The molecule has 6 atom stereocenters. The first-order valence-corrected chi connectivity index (χ1v) is 15.7. The minimum atomic E-state index is -1.52. The molecule has 0 bridgehead atoms. The molecule has 0 spiro atoms. The lowest BCUT2D eigenvalue weighted by atomic mass is 9.72. The van der Waals surface area contributed by atoms with Crippen LogP contribution in [0.5, 0.6) is 0 Å². The maximum atomic E-state index is 12.8. The quantitative estimate of drug-likeness (QED) is 0.113. The fourth-order valence-electron chi connectivity index (χ4n) is 5.83. The molecule has 0 saturated carbocycles. The van der Waals surface area contributed by atoms with Gasteiger partial charge < -0.3 is 61.6 Å². The van der Waals surface area contributed by atoms with E-state index < -0.39 is 66.8 Å². The van der Waals surface area contributed by atoms with E-state index in [2.05, 4.69) is 5.32 Å². The second-order valence-electron chi connectivity index (χ2n) is 14.2. The molecule has 19 heteroatoms. The molecule has 2 rings (SSSR count). The fraction of sp³-hybridized carbons (Fsp3) is 0.821. The average Bonchev–Trinajstić information content (AvgIpc) is 2.92. The number of amides is 3. The van der Waals surface area contributed by atoms with Crippen LogP contribution in [0.4, 0.5) is 4.79 Å². The van der Waals surface area contributed by atoms with Crippen molar-refractivity contribution in [1.29, 1.82) is 0 Å². The highest BCUT2D eigenvalue weighted by molar-refractivity contribution is 6.41. The van der Waals surface area contributed by atoms with E-state index in [-0.39, 0.29) is 49.9 Å². The molecular formula is C28H53B2N5O12. The molecule has 268 valence electrons. The summed E-state index contributed by atoms with van der Waals surface area (Å²) in [5, 5.41) is 57.2. The summed E-state index contributed by atoms with van der Waals surface area (Å²) in [6.45, 7) is 10.3. The molecule has 2 heterocycles.